The molecule has 0 bridgehead atoms. The number of carboxylic acid groups (broad SMARTS) is 2. The Hall–Kier alpha value is -4.52. The lowest BCUT2D eigenvalue weighted by atomic mass is 9.87. The molecule has 4 unspecified atom stereocenters. The van der Waals surface area contributed by atoms with Crippen molar-refractivity contribution in [1.82, 2.24) is 9.80 Å². The molecule has 2 aliphatic heterocycles. The highest BCUT2D eigenvalue weighted by molar-refractivity contribution is 5.98. The predicted molar refractivity (Wildman–Crippen MR) is 138 cm³/mol. The summed E-state index contributed by atoms with van der Waals surface area (Å²) in [6, 6.07) is 5.30. The van der Waals surface area contributed by atoms with Crippen molar-refractivity contribution in [1.29, 1.82) is 0 Å². The molecular formula is C27H29FN4O8. The number of hydrogen-bond donors (Lipinski definition) is 3. The summed E-state index contributed by atoms with van der Waals surface area (Å²) in [6.45, 7) is 1.86. The van der Waals surface area contributed by atoms with Crippen LogP contribution in [0.4, 0.5) is 14.9 Å². The molecule has 0 spiro atoms. The van der Waals surface area contributed by atoms with Crippen molar-refractivity contribution < 1.29 is 43.3 Å². The highest BCUT2D eigenvalue weighted by Gasteiger charge is 2.60. The molecule has 2 heterocycles. The molecule has 0 saturated carbocycles. The standard InChI is InChI=1S/C27H29FN4O8/c1-15(33)31-22(18-7-2-3-8-19(18)28)21(26(37)38)23(24(31)25(36)30-9-11-40-12-10-30)32(27(29)39)17-6-4-5-16(13-17)14-20(34)35/h2-8,13,21-24H,9-12,14H2,1H3,(H2,29,39)(H,34,35)(H,37,38). The number of aliphatic carboxylic acids is 2. The summed E-state index contributed by atoms with van der Waals surface area (Å²) in [5.74, 6) is -6.48. The lowest BCUT2D eigenvalue weighted by Crippen LogP contribution is -2.60. The van der Waals surface area contributed by atoms with Crippen molar-refractivity contribution in [2.75, 3.05) is 31.2 Å². The van der Waals surface area contributed by atoms with Gasteiger partial charge in [-0.15, -0.1) is 0 Å². The second-order valence-corrected chi connectivity index (χ2v) is 9.58. The van der Waals surface area contributed by atoms with Gasteiger partial charge in [0.05, 0.1) is 31.7 Å². The van der Waals surface area contributed by atoms with E-state index in [4.69, 9.17) is 10.5 Å². The third-order valence-corrected chi connectivity index (χ3v) is 7.16. The maximum atomic E-state index is 15.2. The first-order chi connectivity index (χ1) is 19.0. The molecule has 4 N–H and O–H groups in total. The largest absolute Gasteiger partial charge is 0.481 e. The molecule has 2 saturated heterocycles. The van der Waals surface area contributed by atoms with Crippen molar-refractivity contribution in [3.63, 3.8) is 0 Å². The summed E-state index contributed by atoms with van der Waals surface area (Å²) in [7, 11) is 0. The predicted octanol–water partition coefficient (Wildman–Crippen LogP) is 1.24. The van der Waals surface area contributed by atoms with Gasteiger partial charge in [-0.2, -0.15) is 0 Å². The Bertz CT molecular complexity index is 1330. The minimum atomic E-state index is -1.69. The molecule has 2 aromatic rings. The normalized spacial score (nSPS) is 22.6. The molecule has 0 radical (unpaired) electrons. The van der Waals surface area contributed by atoms with Gasteiger partial charge in [0.1, 0.15) is 17.8 Å². The number of carbonyl (C=O) groups is 5. The van der Waals surface area contributed by atoms with Gasteiger partial charge in [0.25, 0.3) is 0 Å². The van der Waals surface area contributed by atoms with E-state index in [0.29, 0.717) is 0 Å². The first-order valence-corrected chi connectivity index (χ1v) is 12.5. The molecule has 13 heteroatoms. The Balaban J connectivity index is 1.96. The summed E-state index contributed by atoms with van der Waals surface area (Å²) >= 11 is 0. The number of ether oxygens (including phenoxy) is 1. The number of amides is 4. The molecule has 12 nitrogen and oxygen atoms in total. The fourth-order valence-corrected chi connectivity index (χ4v) is 5.60. The van der Waals surface area contributed by atoms with Gasteiger partial charge < -0.3 is 30.5 Å². The third kappa shape index (κ3) is 5.45. The van der Waals surface area contributed by atoms with Gasteiger partial charge in [-0.25, -0.2) is 9.18 Å². The van der Waals surface area contributed by atoms with Crippen molar-refractivity contribution in [3.8, 4) is 0 Å². The number of hydrogen-bond acceptors (Lipinski definition) is 6. The zero-order valence-corrected chi connectivity index (χ0v) is 21.6. The van der Waals surface area contributed by atoms with Crippen LogP contribution in [0.3, 0.4) is 0 Å². The van der Waals surface area contributed by atoms with Crippen molar-refractivity contribution in [3.05, 3.63) is 65.5 Å². The average molecular weight is 557 g/mol. The Morgan fingerprint density at radius 3 is 2.30 bits per heavy atom. The number of morpholine rings is 1. The van der Waals surface area contributed by atoms with Crippen LogP contribution >= 0.6 is 0 Å². The molecule has 2 fully saturated rings. The van der Waals surface area contributed by atoms with Gasteiger partial charge in [-0.1, -0.05) is 30.3 Å². The summed E-state index contributed by atoms with van der Waals surface area (Å²) < 4.78 is 20.5. The van der Waals surface area contributed by atoms with Gasteiger partial charge >= 0.3 is 18.0 Å². The molecule has 0 aliphatic carbocycles. The Labute approximate surface area is 228 Å². The number of nitrogens with two attached hydrogens (primary N) is 1. The van der Waals surface area contributed by atoms with Crippen LogP contribution in [-0.2, 0) is 30.3 Å². The summed E-state index contributed by atoms with van der Waals surface area (Å²) in [5.41, 5.74) is 5.96. The molecule has 4 atom stereocenters. The minimum absolute atomic E-state index is 0.0277. The maximum Gasteiger partial charge on any atom is 0.319 e. The van der Waals surface area contributed by atoms with E-state index in [9.17, 15) is 34.2 Å². The first-order valence-electron chi connectivity index (χ1n) is 12.5. The quantitative estimate of drug-likeness (QED) is 0.457. The van der Waals surface area contributed by atoms with Crippen LogP contribution in [0.2, 0.25) is 0 Å². The monoisotopic (exact) mass is 556 g/mol. The SMILES string of the molecule is CC(=O)N1C(C(=O)N2CCOCC2)C(N(C(N)=O)c2cccc(CC(=O)O)c2)C(C(=O)O)C1c1ccccc1F. The highest BCUT2D eigenvalue weighted by atomic mass is 19.1. The zero-order chi connectivity index (χ0) is 29.1. The second kappa shape index (κ2) is 11.7. The van der Waals surface area contributed by atoms with Gasteiger partial charge in [0, 0.05) is 31.3 Å². The van der Waals surface area contributed by atoms with E-state index in [0.717, 1.165) is 22.8 Å². The molecular weight excluding hydrogens is 527 g/mol. The third-order valence-electron chi connectivity index (χ3n) is 7.16. The average Bonchev–Trinajstić information content (AvgIpc) is 3.24. The molecule has 4 amide bonds. The lowest BCUT2D eigenvalue weighted by molar-refractivity contribution is -0.147. The zero-order valence-electron chi connectivity index (χ0n) is 21.6. The minimum Gasteiger partial charge on any atom is -0.481 e. The molecule has 4 rings (SSSR count). The van der Waals surface area contributed by atoms with E-state index in [2.05, 4.69) is 0 Å². The second-order valence-electron chi connectivity index (χ2n) is 9.58. The van der Waals surface area contributed by atoms with Crippen molar-refractivity contribution in [2.45, 2.75) is 31.5 Å². The number of benzene rings is 2. The number of anilines is 1. The number of carbonyl (C=O) groups excluding carboxylic acids is 3. The van der Waals surface area contributed by atoms with Crippen LogP contribution < -0.4 is 10.6 Å². The number of primary amides is 1. The molecule has 40 heavy (non-hydrogen) atoms. The fourth-order valence-electron chi connectivity index (χ4n) is 5.60. The number of halogens is 1. The summed E-state index contributed by atoms with van der Waals surface area (Å²) in [6.07, 6.45) is -0.402. The smallest absolute Gasteiger partial charge is 0.319 e. The number of urea groups is 1. The van der Waals surface area contributed by atoms with E-state index < -0.39 is 66.1 Å². The molecule has 2 aliphatic rings. The summed E-state index contributed by atoms with van der Waals surface area (Å²) in [4.78, 5) is 67.8. The number of carboxylic acids is 2. The number of nitrogens with zero attached hydrogens (tertiary/aromatic N) is 3. The Kier molecular flexibility index (Phi) is 8.33. The van der Waals surface area contributed by atoms with Gasteiger partial charge in [0.15, 0.2) is 0 Å². The fraction of sp³-hybridized carbons (Fsp3) is 0.370. The number of rotatable bonds is 7. The summed E-state index contributed by atoms with van der Waals surface area (Å²) in [5, 5.41) is 19.8. The van der Waals surface area contributed by atoms with Crippen molar-refractivity contribution >= 4 is 35.5 Å². The van der Waals surface area contributed by atoms with Gasteiger partial charge in [-0.3, -0.25) is 24.1 Å². The highest BCUT2D eigenvalue weighted by Crippen LogP contribution is 2.46. The van der Waals surface area contributed by atoms with Crippen LogP contribution in [0.5, 0.6) is 0 Å². The van der Waals surface area contributed by atoms with Crippen LogP contribution in [0.1, 0.15) is 24.1 Å². The van der Waals surface area contributed by atoms with E-state index in [-0.39, 0.29) is 43.1 Å². The van der Waals surface area contributed by atoms with Gasteiger partial charge in [0.2, 0.25) is 11.8 Å². The topological polar surface area (TPSA) is 171 Å². The van der Waals surface area contributed by atoms with E-state index >= 15 is 4.39 Å². The molecule has 212 valence electrons. The first kappa shape index (κ1) is 28.5. The van der Waals surface area contributed by atoms with Crippen LogP contribution in [0.25, 0.3) is 0 Å². The van der Waals surface area contributed by atoms with Gasteiger partial charge in [-0.05, 0) is 23.8 Å². The van der Waals surface area contributed by atoms with E-state index in [1.165, 1.54) is 47.4 Å². The van der Waals surface area contributed by atoms with Crippen LogP contribution in [-0.4, -0.2) is 88.2 Å². The Morgan fingerprint density at radius 2 is 1.73 bits per heavy atom. The van der Waals surface area contributed by atoms with E-state index in [1.807, 2.05) is 0 Å². The van der Waals surface area contributed by atoms with E-state index in [1.54, 1.807) is 0 Å². The van der Waals surface area contributed by atoms with Crippen LogP contribution in [0.15, 0.2) is 48.5 Å². The lowest BCUT2D eigenvalue weighted by Gasteiger charge is -2.38. The molecule has 2 aromatic carbocycles. The molecule has 0 aromatic heterocycles. The Morgan fingerprint density at radius 1 is 1.05 bits per heavy atom. The maximum absolute atomic E-state index is 15.2. The van der Waals surface area contributed by atoms with Crippen LogP contribution in [0, 0.1) is 11.7 Å². The number of likely N-dealkylation sites (tertiary alicyclic amines) is 1. The van der Waals surface area contributed by atoms with Crippen molar-refractivity contribution in [2.24, 2.45) is 11.7 Å².